The first-order valence-corrected chi connectivity index (χ1v) is 5.18. The summed E-state index contributed by atoms with van der Waals surface area (Å²) in [5.74, 6) is 0. The van der Waals surface area contributed by atoms with Crippen LogP contribution < -0.4 is 5.32 Å². The molecule has 0 spiro atoms. The molecule has 75 valence electrons. The molecule has 0 aliphatic rings. The van der Waals surface area contributed by atoms with Gasteiger partial charge in [-0.3, -0.25) is 0 Å². The molecule has 1 aromatic rings. The van der Waals surface area contributed by atoms with Crippen molar-refractivity contribution in [1.29, 1.82) is 10.7 Å². The Hall–Kier alpha value is -1.56. The van der Waals surface area contributed by atoms with Gasteiger partial charge in [0.25, 0.3) is 0 Å². The first-order valence-electron chi connectivity index (χ1n) is 4.33. The monoisotopic (exact) mass is 264 g/mol. The van der Waals surface area contributed by atoms with Crippen molar-refractivity contribution in [3.05, 3.63) is 41.6 Å². The molecule has 0 aromatic heterocycles. The molecule has 0 aliphatic carbocycles. The number of hydrogen-bond donors (Lipinski definition) is 2. The minimum atomic E-state index is 0.136. The second kappa shape index (κ2) is 5.35. The molecule has 0 saturated carbocycles. The number of rotatable bonds is 3. The van der Waals surface area contributed by atoms with Gasteiger partial charge in [-0.05, 0) is 0 Å². The van der Waals surface area contributed by atoms with E-state index in [1.807, 2.05) is 37.3 Å². The number of nitrogens with one attached hydrogen (secondary N) is 2. The number of benzene rings is 1. The summed E-state index contributed by atoms with van der Waals surface area (Å²) in [5.41, 5.74) is 2.37. The van der Waals surface area contributed by atoms with Gasteiger partial charge in [0.2, 0.25) is 0 Å². The average molecular weight is 263 g/mol. The topological polar surface area (TPSA) is 59.7 Å². The van der Waals surface area contributed by atoms with Gasteiger partial charge in [0.05, 0.1) is 0 Å². The van der Waals surface area contributed by atoms with E-state index in [4.69, 9.17) is 10.7 Å². The van der Waals surface area contributed by atoms with E-state index in [9.17, 15) is 0 Å². The van der Waals surface area contributed by atoms with Gasteiger partial charge in [-0.1, -0.05) is 0 Å². The van der Waals surface area contributed by atoms with Crippen LogP contribution >= 0.6 is 0 Å². The number of allylic oxidation sites excluding steroid dienone is 1. The zero-order chi connectivity index (χ0) is 11.3. The Morgan fingerprint density at radius 2 is 2.07 bits per heavy atom. The van der Waals surface area contributed by atoms with Gasteiger partial charge in [-0.25, -0.2) is 0 Å². The summed E-state index contributed by atoms with van der Waals surface area (Å²) in [5, 5.41) is 18.9. The van der Waals surface area contributed by atoms with Gasteiger partial charge in [-0.2, -0.15) is 0 Å². The van der Waals surface area contributed by atoms with E-state index in [-0.39, 0.29) is 10.2 Å². The van der Waals surface area contributed by atoms with Crippen molar-refractivity contribution >= 4 is 26.3 Å². The van der Waals surface area contributed by atoms with E-state index in [0.29, 0.717) is 0 Å². The zero-order valence-electron chi connectivity index (χ0n) is 8.24. The van der Waals surface area contributed by atoms with Crippen LogP contribution in [0.25, 0.3) is 0 Å². The van der Waals surface area contributed by atoms with Gasteiger partial charge in [0.1, 0.15) is 0 Å². The van der Waals surface area contributed by atoms with Crippen LogP contribution in [0, 0.1) is 23.7 Å². The van der Waals surface area contributed by atoms with Crippen molar-refractivity contribution in [3.8, 4) is 6.07 Å². The molecule has 0 saturated heterocycles. The van der Waals surface area contributed by atoms with E-state index in [2.05, 4.69) is 21.3 Å². The van der Waals surface area contributed by atoms with Gasteiger partial charge >= 0.3 is 96.9 Å². The SMILES string of the molecule is Cc1ccc(NC=C(C#N)C(=N)[Se])cc1. The van der Waals surface area contributed by atoms with Crippen molar-refractivity contribution < 1.29 is 0 Å². The third-order valence-corrected chi connectivity index (χ3v) is 2.26. The van der Waals surface area contributed by atoms with Crippen LogP contribution in [0.1, 0.15) is 5.56 Å². The van der Waals surface area contributed by atoms with Crippen LogP contribution in [0.2, 0.25) is 0 Å². The molecule has 0 fully saturated rings. The molecule has 1 rings (SSSR count). The second-order valence-electron chi connectivity index (χ2n) is 3.01. The maximum absolute atomic E-state index is 8.70. The van der Waals surface area contributed by atoms with Gasteiger partial charge in [0, 0.05) is 0 Å². The number of nitrogens with zero attached hydrogens (tertiary/aromatic N) is 1. The molecular formula is C11H10N3Se. The van der Waals surface area contributed by atoms with Crippen LogP contribution in [0.5, 0.6) is 0 Å². The Bertz CT molecular complexity index is 426. The Kier molecular flexibility index (Phi) is 4.11. The van der Waals surface area contributed by atoms with Crippen LogP contribution in [0.3, 0.4) is 0 Å². The first kappa shape index (κ1) is 11.5. The molecule has 0 aliphatic heterocycles. The summed E-state index contributed by atoms with van der Waals surface area (Å²) in [7, 11) is 0. The fourth-order valence-electron chi connectivity index (χ4n) is 0.954. The van der Waals surface area contributed by atoms with E-state index in [0.717, 1.165) is 5.69 Å². The molecule has 3 nitrogen and oxygen atoms in total. The first-order chi connectivity index (χ1) is 7.13. The summed E-state index contributed by atoms with van der Waals surface area (Å²) < 4.78 is 0.136. The predicted octanol–water partition coefficient (Wildman–Crippen LogP) is 1.96. The maximum atomic E-state index is 8.70. The normalized spacial score (nSPS) is 10.5. The molecule has 0 amide bonds. The standard InChI is InChI=1S/C11H10N3Se/c1-8-2-4-10(5-3-8)14-7-9(6-12)11(13)15/h2-5,7,13-14H,1H3. The predicted molar refractivity (Wildman–Crippen MR) is 62.0 cm³/mol. The number of nitriles is 1. The van der Waals surface area contributed by atoms with E-state index in [1.54, 1.807) is 0 Å². The quantitative estimate of drug-likeness (QED) is 0.497. The molecule has 0 unspecified atom stereocenters. The Morgan fingerprint density at radius 1 is 1.47 bits per heavy atom. The van der Waals surface area contributed by atoms with Gasteiger partial charge in [0.15, 0.2) is 0 Å². The molecule has 0 bridgehead atoms. The van der Waals surface area contributed by atoms with Gasteiger partial charge in [-0.15, -0.1) is 0 Å². The Morgan fingerprint density at radius 3 is 2.53 bits per heavy atom. The summed E-state index contributed by atoms with van der Waals surface area (Å²) in [6.07, 6.45) is 1.52. The van der Waals surface area contributed by atoms with Crippen molar-refractivity contribution in [2.24, 2.45) is 0 Å². The van der Waals surface area contributed by atoms with Crippen LogP contribution in [0.4, 0.5) is 5.69 Å². The average Bonchev–Trinajstić information content (AvgIpc) is 2.21. The Balaban J connectivity index is 2.76. The fraction of sp³-hybridized carbons (Fsp3) is 0.0909. The summed E-state index contributed by atoms with van der Waals surface area (Å²) >= 11 is 2.49. The zero-order valence-corrected chi connectivity index (χ0v) is 9.96. The fourth-order valence-corrected chi connectivity index (χ4v) is 1.17. The van der Waals surface area contributed by atoms with Crippen molar-refractivity contribution in [1.82, 2.24) is 0 Å². The van der Waals surface area contributed by atoms with Crippen LogP contribution in [-0.4, -0.2) is 20.6 Å². The summed E-state index contributed by atoms with van der Waals surface area (Å²) in [6, 6.07) is 9.72. The van der Waals surface area contributed by atoms with Gasteiger partial charge < -0.3 is 0 Å². The molecule has 15 heavy (non-hydrogen) atoms. The minimum absolute atomic E-state index is 0.136. The van der Waals surface area contributed by atoms with Crippen molar-refractivity contribution in [3.63, 3.8) is 0 Å². The molecule has 0 heterocycles. The third kappa shape index (κ3) is 3.59. The van der Waals surface area contributed by atoms with Crippen LogP contribution in [-0.2, 0) is 0 Å². The van der Waals surface area contributed by atoms with Crippen LogP contribution in [0.15, 0.2) is 36.0 Å². The second-order valence-corrected chi connectivity index (χ2v) is 3.87. The molecule has 4 heteroatoms. The van der Waals surface area contributed by atoms with Crippen molar-refractivity contribution in [2.75, 3.05) is 5.32 Å². The molecule has 2 N–H and O–H groups in total. The number of aryl methyl sites for hydroxylation is 1. The van der Waals surface area contributed by atoms with Crippen molar-refractivity contribution in [2.45, 2.75) is 6.92 Å². The van der Waals surface area contributed by atoms with E-state index in [1.165, 1.54) is 11.8 Å². The number of anilines is 1. The van der Waals surface area contributed by atoms with E-state index < -0.39 is 0 Å². The number of hydrogen-bond acceptors (Lipinski definition) is 3. The summed E-state index contributed by atoms with van der Waals surface area (Å²) in [4.78, 5) is 0. The summed E-state index contributed by atoms with van der Waals surface area (Å²) in [6.45, 7) is 2.01. The molecule has 0 atom stereocenters. The molecular weight excluding hydrogens is 253 g/mol. The van der Waals surface area contributed by atoms with E-state index >= 15 is 0 Å². The molecule has 1 aromatic carbocycles. The Labute approximate surface area is 97.1 Å². The third-order valence-electron chi connectivity index (χ3n) is 1.80. The molecule has 1 radical (unpaired) electrons.